The third-order valence-corrected chi connectivity index (χ3v) is 1.68. The standard InChI is InChI=1S/C10H13N3O/c1-4-5-11-8-6-9(14)13-10(12-8)7(2)3/h1,6-7H,5H2,2-3H3,(H2,11,12,13,14). The molecule has 0 atom stereocenters. The minimum absolute atomic E-state index is 0.164. The van der Waals surface area contributed by atoms with Gasteiger partial charge < -0.3 is 10.3 Å². The zero-order valence-corrected chi connectivity index (χ0v) is 8.29. The predicted molar refractivity (Wildman–Crippen MR) is 56.3 cm³/mol. The van der Waals surface area contributed by atoms with E-state index in [0.717, 1.165) is 0 Å². The number of rotatable bonds is 3. The SMILES string of the molecule is C#CCNc1cc(=O)[nH]c(C(C)C)n1. The molecule has 4 heteroatoms. The maximum atomic E-state index is 11.2. The summed E-state index contributed by atoms with van der Waals surface area (Å²) in [6, 6.07) is 1.39. The molecule has 0 aliphatic rings. The van der Waals surface area contributed by atoms with Gasteiger partial charge in [0.15, 0.2) is 0 Å². The molecule has 4 nitrogen and oxygen atoms in total. The van der Waals surface area contributed by atoms with E-state index in [2.05, 4.69) is 21.2 Å². The van der Waals surface area contributed by atoms with Crippen molar-refractivity contribution >= 4 is 5.82 Å². The summed E-state index contributed by atoms with van der Waals surface area (Å²) in [6.07, 6.45) is 5.09. The van der Waals surface area contributed by atoms with Crippen LogP contribution in [0.1, 0.15) is 25.6 Å². The Kier molecular flexibility index (Phi) is 3.29. The lowest BCUT2D eigenvalue weighted by molar-refractivity contribution is 0.768. The molecular weight excluding hydrogens is 178 g/mol. The molecule has 1 aromatic rings. The number of aromatic nitrogens is 2. The van der Waals surface area contributed by atoms with Gasteiger partial charge in [-0.3, -0.25) is 4.79 Å². The van der Waals surface area contributed by atoms with Gasteiger partial charge in [-0.1, -0.05) is 19.8 Å². The molecule has 0 amide bonds. The van der Waals surface area contributed by atoms with Crippen LogP contribution in [0.15, 0.2) is 10.9 Å². The van der Waals surface area contributed by atoms with Crippen molar-refractivity contribution < 1.29 is 0 Å². The molecule has 1 aromatic heterocycles. The third-order valence-electron chi connectivity index (χ3n) is 1.68. The van der Waals surface area contributed by atoms with Gasteiger partial charge in [-0.2, -0.15) is 0 Å². The first-order chi connectivity index (χ1) is 6.63. The van der Waals surface area contributed by atoms with Gasteiger partial charge in [0.2, 0.25) is 0 Å². The Bertz CT molecular complexity index is 401. The maximum Gasteiger partial charge on any atom is 0.252 e. The van der Waals surface area contributed by atoms with Gasteiger partial charge in [0.25, 0.3) is 5.56 Å². The van der Waals surface area contributed by atoms with E-state index in [-0.39, 0.29) is 11.5 Å². The fraction of sp³-hybridized carbons (Fsp3) is 0.400. The number of nitrogens with zero attached hydrogens (tertiary/aromatic N) is 1. The summed E-state index contributed by atoms with van der Waals surface area (Å²) in [7, 11) is 0. The molecule has 2 N–H and O–H groups in total. The monoisotopic (exact) mass is 191 g/mol. The second kappa shape index (κ2) is 4.47. The number of terminal acetylenes is 1. The second-order valence-electron chi connectivity index (χ2n) is 3.23. The van der Waals surface area contributed by atoms with Gasteiger partial charge in [0.1, 0.15) is 11.6 Å². The summed E-state index contributed by atoms with van der Waals surface area (Å²) < 4.78 is 0. The van der Waals surface area contributed by atoms with E-state index in [1.807, 2.05) is 13.8 Å². The average molecular weight is 191 g/mol. The average Bonchev–Trinajstić information content (AvgIpc) is 2.14. The normalized spacial score (nSPS) is 9.86. The van der Waals surface area contributed by atoms with Crippen molar-refractivity contribution in [1.82, 2.24) is 9.97 Å². The largest absolute Gasteiger partial charge is 0.359 e. The third kappa shape index (κ3) is 2.63. The first kappa shape index (κ1) is 10.3. The summed E-state index contributed by atoms with van der Waals surface area (Å²) in [5.41, 5.74) is -0.164. The van der Waals surface area contributed by atoms with Crippen molar-refractivity contribution in [2.45, 2.75) is 19.8 Å². The van der Waals surface area contributed by atoms with Crippen LogP contribution in [0.5, 0.6) is 0 Å². The molecule has 0 aliphatic heterocycles. The van der Waals surface area contributed by atoms with Crippen molar-refractivity contribution in [1.29, 1.82) is 0 Å². The molecule has 0 unspecified atom stereocenters. The lowest BCUT2D eigenvalue weighted by Crippen LogP contribution is -2.14. The van der Waals surface area contributed by atoms with Gasteiger partial charge in [-0.25, -0.2) is 4.98 Å². The highest BCUT2D eigenvalue weighted by Gasteiger charge is 2.03. The Morgan fingerprint density at radius 3 is 3.00 bits per heavy atom. The summed E-state index contributed by atoms with van der Waals surface area (Å²) in [4.78, 5) is 18.1. The van der Waals surface area contributed by atoms with Gasteiger partial charge in [0.05, 0.1) is 6.54 Å². The number of H-pyrrole nitrogens is 1. The van der Waals surface area contributed by atoms with E-state index < -0.39 is 0 Å². The zero-order chi connectivity index (χ0) is 10.6. The molecule has 0 radical (unpaired) electrons. The molecular formula is C10H13N3O. The summed E-state index contributed by atoms with van der Waals surface area (Å²) in [6.45, 7) is 4.29. The van der Waals surface area contributed by atoms with Gasteiger partial charge in [-0.05, 0) is 0 Å². The Hall–Kier alpha value is -1.76. The first-order valence-electron chi connectivity index (χ1n) is 4.42. The highest BCUT2D eigenvalue weighted by molar-refractivity contribution is 5.34. The van der Waals surface area contributed by atoms with E-state index in [4.69, 9.17) is 6.42 Å². The lowest BCUT2D eigenvalue weighted by Gasteiger charge is -2.06. The molecule has 0 saturated carbocycles. The Labute approximate surface area is 82.8 Å². The zero-order valence-electron chi connectivity index (χ0n) is 8.29. The highest BCUT2D eigenvalue weighted by atomic mass is 16.1. The minimum Gasteiger partial charge on any atom is -0.359 e. The molecule has 0 aliphatic carbocycles. The molecule has 0 bridgehead atoms. The molecule has 1 rings (SSSR count). The number of anilines is 1. The van der Waals surface area contributed by atoms with Crippen molar-refractivity contribution in [3.8, 4) is 12.3 Å². The summed E-state index contributed by atoms with van der Waals surface area (Å²) in [5, 5.41) is 2.86. The van der Waals surface area contributed by atoms with Crippen LogP contribution in [-0.4, -0.2) is 16.5 Å². The van der Waals surface area contributed by atoms with Gasteiger partial charge >= 0.3 is 0 Å². The van der Waals surface area contributed by atoms with Gasteiger partial charge in [-0.15, -0.1) is 6.42 Å². The van der Waals surface area contributed by atoms with Crippen molar-refractivity contribution in [2.75, 3.05) is 11.9 Å². The van der Waals surface area contributed by atoms with E-state index in [1.54, 1.807) is 0 Å². The Morgan fingerprint density at radius 2 is 2.43 bits per heavy atom. The van der Waals surface area contributed by atoms with Crippen molar-refractivity contribution in [3.05, 3.63) is 22.2 Å². The quantitative estimate of drug-likeness (QED) is 0.699. The molecule has 0 saturated heterocycles. The van der Waals surface area contributed by atoms with E-state index >= 15 is 0 Å². The fourth-order valence-corrected chi connectivity index (χ4v) is 0.982. The van der Waals surface area contributed by atoms with Crippen LogP contribution >= 0.6 is 0 Å². The smallest absolute Gasteiger partial charge is 0.252 e. The second-order valence-corrected chi connectivity index (χ2v) is 3.23. The number of hydrogen-bond donors (Lipinski definition) is 2. The molecule has 0 aromatic carbocycles. The van der Waals surface area contributed by atoms with Crippen LogP contribution in [0.2, 0.25) is 0 Å². The van der Waals surface area contributed by atoms with Crippen LogP contribution in [0.3, 0.4) is 0 Å². The van der Waals surface area contributed by atoms with E-state index in [0.29, 0.717) is 18.2 Å². The molecule has 74 valence electrons. The topological polar surface area (TPSA) is 57.8 Å². The van der Waals surface area contributed by atoms with Crippen LogP contribution in [0, 0.1) is 12.3 Å². The Morgan fingerprint density at radius 1 is 1.71 bits per heavy atom. The summed E-state index contributed by atoms with van der Waals surface area (Å²) >= 11 is 0. The number of nitrogens with one attached hydrogen (secondary N) is 2. The van der Waals surface area contributed by atoms with Crippen LogP contribution in [-0.2, 0) is 0 Å². The molecule has 1 heterocycles. The summed E-state index contributed by atoms with van der Waals surface area (Å²) in [5.74, 6) is 3.80. The number of hydrogen-bond acceptors (Lipinski definition) is 3. The van der Waals surface area contributed by atoms with Crippen LogP contribution in [0.4, 0.5) is 5.82 Å². The van der Waals surface area contributed by atoms with Crippen LogP contribution in [0.25, 0.3) is 0 Å². The molecule has 0 fully saturated rings. The van der Waals surface area contributed by atoms with Gasteiger partial charge in [0, 0.05) is 12.0 Å². The molecule has 14 heavy (non-hydrogen) atoms. The van der Waals surface area contributed by atoms with E-state index in [1.165, 1.54) is 6.07 Å². The Balaban J connectivity index is 2.96. The predicted octanol–water partition coefficient (Wildman–Crippen LogP) is 0.938. The van der Waals surface area contributed by atoms with Crippen LogP contribution < -0.4 is 10.9 Å². The molecule has 0 spiro atoms. The maximum absolute atomic E-state index is 11.2. The minimum atomic E-state index is -0.164. The first-order valence-corrected chi connectivity index (χ1v) is 4.42. The number of aromatic amines is 1. The highest BCUT2D eigenvalue weighted by Crippen LogP contribution is 2.08. The van der Waals surface area contributed by atoms with Crippen molar-refractivity contribution in [3.63, 3.8) is 0 Å². The fourth-order valence-electron chi connectivity index (χ4n) is 0.982. The lowest BCUT2D eigenvalue weighted by atomic mass is 10.2. The van der Waals surface area contributed by atoms with E-state index in [9.17, 15) is 4.79 Å². The van der Waals surface area contributed by atoms with Crippen molar-refractivity contribution in [2.24, 2.45) is 0 Å².